The Kier molecular flexibility index (Phi) is 5.14. The molecule has 146 valence electrons. The molecular weight excluding hydrogens is 354 g/mol. The number of carbonyl (C=O) groups excluding carboxylic acids is 1. The molecule has 0 atom stereocenters. The number of rotatable bonds is 5. The number of hydrogen-bond donors (Lipinski definition) is 3. The van der Waals surface area contributed by atoms with Crippen molar-refractivity contribution in [2.75, 3.05) is 18.0 Å². The number of nitrogens with zero attached hydrogens (tertiary/aromatic N) is 2. The number of amides is 1. The molecule has 0 saturated carbocycles. The minimum atomic E-state index is -0.129. The molecule has 4 rings (SSSR count). The number of anilines is 1. The number of nitrogens with one attached hydrogen (secondary N) is 3. The van der Waals surface area contributed by atoms with Crippen LogP contribution < -0.4 is 15.8 Å². The fourth-order valence-electron chi connectivity index (χ4n) is 3.84. The molecule has 0 spiro atoms. The van der Waals surface area contributed by atoms with Crippen LogP contribution in [0.15, 0.2) is 41.3 Å². The second-order valence-electron chi connectivity index (χ2n) is 7.40. The number of para-hydroxylation sites is 1. The van der Waals surface area contributed by atoms with Crippen molar-refractivity contribution in [3.05, 3.63) is 58.1 Å². The van der Waals surface area contributed by atoms with E-state index >= 15 is 0 Å². The Morgan fingerprint density at radius 3 is 2.86 bits per heavy atom. The molecule has 1 fully saturated rings. The van der Waals surface area contributed by atoms with Crippen molar-refractivity contribution >= 4 is 22.8 Å². The van der Waals surface area contributed by atoms with Crippen molar-refractivity contribution in [2.24, 2.45) is 0 Å². The average Bonchev–Trinajstić information content (AvgIpc) is 3.09. The number of aryl methyl sites for hydroxylation is 2. The molecule has 2 aromatic heterocycles. The van der Waals surface area contributed by atoms with E-state index in [-0.39, 0.29) is 17.5 Å². The summed E-state index contributed by atoms with van der Waals surface area (Å²) in [5.74, 6) is 0.708. The number of piperidine rings is 1. The molecule has 7 nitrogen and oxygen atoms in total. The monoisotopic (exact) mass is 379 g/mol. The maximum atomic E-state index is 12.4. The van der Waals surface area contributed by atoms with Gasteiger partial charge in [0.1, 0.15) is 0 Å². The molecule has 1 aliphatic rings. The van der Waals surface area contributed by atoms with Crippen molar-refractivity contribution in [1.82, 2.24) is 20.3 Å². The van der Waals surface area contributed by atoms with Gasteiger partial charge in [0, 0.05) is 54.4 Å². The van der Waals surface area contributed by atoms with Crippen LogP contribution in [0.4, 0.5) is 5.95 Å². The number of H-pyrrole nitrogens is 2. The van der Waals surface area contributed by atoms with Crippen LogP contribution in [0.3, 0.4) is 0 Å². The molecule has 3 N–H and O–H groups in total. The maximum absolute atomic E-state index is 12.4. The van der Waals surface area contributed by atoms with Gasteiger partial charge >= 0.3 is 0 Å². The molecule has 3 aromatic rings. The quantitative estimate of drug-likeness (QED) is 0.634. The highest BCUT2D eigenvalue weighted by Gasteiger charge is 2.22. The SMILES string of the molecule is Cc1cc(=O)[nH]c(N2CCC(NC(=O)CCc3c[nH]c4ccccc34)CC2)n1. The topological polar surface area (TPSA) is 93.9 Å². The van der Waals surface area contributed by atoms with Gasteiger partial charge in [-0.25, -0.2) is 4.98 Å². The van der Waals surface area contributed by atoms with Gasteiger partial charge in [0.05, 0.1) is 0 Å². The number of carbonyl (C=O) groups is 1. The Hall–Kier alpha value is -3.09. The molecule has 1 amide bonds. The highest BCUT2D eigenvalue weighted by molar-refractivity contribution is 5.84. The molecule has 28 heavy (non-hydrogen) atoms. The lowest BCUT2D eigenvalue weighted by molar-refractivity contribution is -0.121. The van der Waals surface area contributed by atoms with Crippen molar-refractivity contribution in [2.45, 2.75) is 38.6 Å². The fourth-order valence-corrected chi connectivity index (χ4v) is 3.84. The first kappa shape index (κ1) is 18.3. The third-order valence-corrected chi connectivity index (χ3v) is 5.31. The minimum Gasteiger partial charge on any atom is -0.361 e. The van der Waals surface area contributed by atoms with E-state index in [1.807, 2.05) is 31.3 Å². The fraction of sp³-hybridized carbons (Fsp3) is 0.381. The van der Waals surface area contributed by atoms with Gasteiger partial charge in [0.2, 0.25) is 11.9 Å². The Bertz CT molecular complexity index is 1030. The summed E-state index contributed by atoms with van der Waals surface area (Å²) in [4.78, 5) is 36.5. The average molecular weight is 379 g/mol. The maximum Gasteiger partial charge on any atom is 0.252 e. The number of benzene rings is 1. The van der Waals surface area contributed by atoms with E-state index in [9.17, 15) is 9.59 Å². The van der Waals surface area contributed by atoms with Gasteiger partial charge < -0.3 is 15.2 Å². The van der Waals surface area contributed by atoms with E-state index in [1.54, 1.807) is 0 Å². The van der Waals surface area contributed by atoms with Gasteiger partial charge in [-0.1, -0.05) is 18.2 Å². The lowest BCUT2D eigenvalue weighted by Gasteiger charge is -2.32. The number of aromatic nitrogens is 3. The van der Waals surface area contributed by atoms with Crippen LogP contribution in [0.25, 0.3) is 10.9 Å². The number of aromatic amines is 2. The van der Waals surface area contributed by atoms with E-state index in [0.717, 1.165) is 37.9 Å². The molecule has 0 bridgehead atoms. The molecule has 7 heteroatoms. The van der Waals surface area contributed by atoms with E-state index in [2.05, 4.69) is 31.2 Å². The van der Waals surface area contributed by atoms with Crippen molar-refractivity contribution in [1.29, 1.82) is 0 Å². The molecule has 0 unspecified atom stereocenters. The minimum absolute atomic E-state index is 0.0887. The van der Waals surface area contributed by atoms with Crippen LogP contribution in [0.1, 0.15) is 30.5 Å². The van der Waals surface area contributed by atoms with Crippen molar-refractivity contribution in [3.8, 4) is 0 Å². The molecule has 1 aliphatic heterocycles. The Balaban J connectivity index is 1.27. The van der Waals surface area contributed by atoms with Crippen LogP contribution >= 0.6 is 0 Å². The zero-order valence-electron chi connectivity index (χ0n) is 16.0. The van der Waals surface area contributed by atoms with Gasteiger partial charge in [-0.15, -0.1) is 0 Å². The second-order valence-corrected chi connectivity index (χ2v) is 7.40. The van der Waals surface area contributed by atoms with Gasteiger partial charge in [0.15, 0.2) is 0 Å². The molecule has 3 heterocycles. The van der Waals surface area contributed by atoms with E-state index in [4.69, 9.17) is 0 Å². The molecule has 0 radical (unpaired) electrons. The van der Waals surface area contributed by atoms with Crippen molar-refractivity contribution < 1.29 is 4.79 Å². The first-order chi connectivity index (χ1) is 13.6. The summed E-state index contributed by atoms with van der Waals surface area (Å²) in [7, 11) is 0. The summed E-state index contributed by atoms with van der Waals surface area (Å²) in [5.41, 5.74) is 2.87. The predicted octanol–water partition coefficient (Wildman–Crippen LogP) is 2.28. The zero-order valence-corrected chi connectivity index (χ0v) is 16.0. The van der Waals surface area contributed by atoms with Crippen LogP contribution in [-0.2, 0) is 11.2 Å². The lowest BCUT2D eigenvalue weighted by atomic mass is 10.0. The Morgan fingerprint density at radius 1 is 1.29 bits per heavy atom. The highest BCUT2D eigenvalue weighted by atomic mass is 16.1. The van der Waals surface area contributed by atoms with E-state index in [1.165, 1.54) is 17.0 Å². The number of hydrogen-bond acceptors (Lipinski definition) is 4. The summed E-state index contributed by atoms with van der Waals surface area (Å²) in [6.45, 7) is 3.35. The summed E-state index contributed by atoms with van der Waals surface area (Å²) in [5, 5.41) is 4.34. The highest BCUT2D eigenvalue weighted by Crippen LogP contribution is 2.19. The lowest BCUT2D eigenvalue weighted by Crippen LogP contribution is -2.45. The van der Waals surface area contributed by atoms with E-state index in [0.29, 0.717) is 18.1 Å². The smallest absolute Gasteiger partial charge is 0.252 e. The van der Waals surface area contributed by atoms with Crippen LogP contribution in [-0.4, -0.2) is 40.0 Å². The first-order valence-electron chi connectivity index (χ1n) is 9.76. The molecule has 1 aromatic carbocycles. The van der Waals surface area contributed by atoms with Gasteiger partial charge in [-0.2, -0.15) is 0 Å². The summed E-state index contributed by atoms with van der Waals surface area (Å²) in [6, 6.07) is 9.81. The molecule has 0 aliphatic carbocycles. The van der Waals surface area contributed by atoms with Gasteiger partial charge in [0.25, 0.3) is 5.56 Å². The first-order valence-corrected chi connectivity index (χ1v) is 9.76. The largest absolute Gasteiger partial charge is 0.361 e. The summed E-state index contributed by atoms with van der Waals surface area (Å²) >= 11 is 0. The third-order valence-electron chi connectivity index (χ3n) is 5.31. The Labute approximate surface area is 163 Å². The van der Waals surface area contributed by atoms with Crippen LogP contribution in [0.2, 0.25) is 0 Å². The summed E-state index contributed by atoms with van der Waals surface area (Å²) < 4.78 is 0. The zero-order chi connectivity index (χ0) is 19.5. The van der Waals surface area contributed by atoms with Crippen LogP contribution in [0, 0.1) is 6.92 Å². The standard InChI is InChI=1S/C21H25N5O2/c1-14-12-20(28)25-21(23-14)26-10-8-16(9-11-26)24-19(27)7-6-15-13-22-18-5-3-2-4-17(15)18/h2-5,12-13,16,22H,6-11H2,1H3,(H,24,27)(H,23,25,28). The number of fused-ring (bicyclic) bond motifs is 1. The molecule has 1 saturated heterocycles. The van der Waals surface area contributed by atoms with E-state index < -0.39 is 0 Å². The third kappa shape index (κ3) is 4.08. The molecular formula is C21H25N5O2. The second kappa shape index (κ2) is 7.88. The van der Waals surface area contributed by atoms with Gasteiger partial charge in [-0.05, 0) is 37.8 Å². The van der Waals surface area contributed by atoms with Crippen molar-refractivity contribution in [3.63, 3.8) is 0 Å². The Morgan fingerprint density at radius 2 is 2.07 bits per heavy atom. The predicted molar refractivity (Wildman–Crippen MR) is 110 cm³/mol. The normalized spacial score (nSPS) is 15.1. The van der Waals surface area contributed by atoms with Crippen LogP contribution in [0.5, 0.6) is 0 Å². The van der Waals surface area contributed by atoms with Gasteiger partial charge in [-0.3, -0.25) is 14.6 Å². The summed E-state index contributed by atoms with van der Waals surface area (Å²) in [6.07, 6.45) is 4.89.